The second kappa shape index (κ2) is 6.48. The van der Waals surface area contributed by atoms with E-state index < -0.39 is 5.60 Å². The van der Waals surface area contributed by atoms with Gasteiger partial charge in [0.25, 0.3) is 0 Å². The van der Waals surface area contributed by atoms with Gasteiger partial charge in [-0.3, -0.25) is 4.68 Å². The summed E-state index contributed by atoms with van der Waals surface area (Å²) in [4.78, 5) is 14.8. The zero-order valence-electron chi connectivity index (χ0n) is 17.9. The molecule has 8 heteroatoms. The number of nitrogens with one attached hydrogen (secondary N) is 1. The topological polar surface area (TPSA) is 76.7 Å². The maximum Gasteiger partial charge on any atom is 0.407 e. The number of fused-ring (bicyclic) bond motifs is 1. The number of carbonyl (C=O) groups excluding carboxylic acids is 1. The molecule has 1 unspecified atom stereocenters. The van der Waals surface area contributed by atoms with Crippen molar-refractivity contribution in [1.82, 2.24) is 24.7 Å². The summed E-state index contributed by atoms with van der Waals surface area (Å²) in [5.74, 6) is 0. The molecule has 1 amide bonds. The lowest BCUT2D eigenvalue weighted by Crippen LogP contribution is -2.44. The van der Waals surface area contributed by atoms with Gasteiger partial charge >= 0.3 is 6.09 Å². The van der Waals surface area contributed by atoms with Crippen LogP contribution in [0.25, 0.3) is 16.6 Å². The van der Waals surface area contributed by atoms with Crippen LogP contribution in [0.2, 0.25) is 0 Å². The highest BCUT2D eigenvalue weighted by Crippen LogP contribution is 2.54. The molecule has 1 spiro atoms. The van der Waals surface area contributed by atoms with E-state index in [1.54, 1.807) is 4.68 Å². The second-order valence-corrected chi connectivity index (χ2v) is 9.62. The van der Waals surface area contributed by atoms with Gasteiger partial charge in [-0.1, -0.05) is 0 Å². The molecule has 8 nitrogen and oxygen atoms in total. The fourth-order valence-electron chi connectivity index (χ4n) is 4.46. The fourth-order valence-corrected chi connectivity index (χ4v) is 4.46. The van der Waals surface area contributed by atoms with Gasteiger partial charge in [0.1, 0.15) is 5.60 Å². The highest BCUT2D eigenvalue weighted by Gasteiger charge is 2.56. The van der Waals surface area contributed by atoms with Crippen molar-refractivity contribution in [1.29, 1.82) is 0 Å². The third kappa shape index (κ3) is 3.40. The summed E-state index contributed by atoms with van der Waals surface area (Å²) in [7, 11) is 1.92. The zero-order valence-corrected chi connectivity index (χ0v) is 17.9. The van der Waals surface area contributed by atoms with Crippen molar-refractivity contribution in [2.24, 2.45) is 12.5 Å². The predicted molar refractivity (Wildman–Crippen MR) is 114 cm³/mol. The van der Waals surface area contributed by atoms with Gasteiger partial charge in [0.15, 0.2) is 0 Å². The van der Waals surface area contributed by atoms with Gasteiger partial charge in [0, 0.05) is 49.1 Å². The number of nitrogens with zero attached hydrogens (tertiary/aromatic N) is 5. The molecular formula is C22H28N6O2. The van der Waals surface area contributed by atoms with Crippen LogP contribution >= 0.6 is 0 Å². The Morgan fingerprint density at radius 2 is 2.03 bits per heavy atom. The number of amides is 1. The number of ether oxygens (including phenoxy) is 1. The first-order valence-corrected chi connectivity index (χ1v) is 10.4. The van der Waals surface area contributed by atoms with Crippen molar-refractivity contribution in [2.45, 2.75) is 45.3 Å². The van der Waals surface area contributed by atoms with Gasteiger partial charge in [0.2, 0.25) is 0 Å². The molecule has 0 aromatic carbocycles. The number of pyridine rings is 1. The summed E-state index contributed by atoms with van der Waals surface area (Å²) in [6.45, 7) is 7.35. The van der Waals surface area contributed by atoms with Crippen molar-refractivity contribution >= 4 is 17.3 Å². The summed E-state index contributed by atoms with van der Waals surface area (Å²) >= 11 is 0. The number of hydrogen-bond donors (Lipinski definition) is 1. The zero-order chi connectivity index (χ0) is 21.1. The fraction of sp³-hybridized carbons (Fsp3) is 0.500. The average molecular weight is 409 g/mol. The summed E-state index contributed by atoms with van der Waals surface area (Å²) in [6, 6.07) is 4.33. The third-order valence-corrected chi connectivity index (χ3v) is 6.10. The van der Waals surface area contributed by atoms with E-state index in [0.29, 0.717) is 0 Å². The van der Waals surface area contributed by atoms with Crippen molar-refractivity contribution in [2.75, 3.05) is 18.0 Å². The number of carbonyl (C=O) groups is 1. The molecule has 0 bridgehead atoms. The van der Waals surface area contributed by atoms with Gasteiger partial charge in [-0.05, 0) is 45.7 Å². The summed E-state index contributed by atoms with van der Waals surface area (Å²) < 4.78 is 9.23. The van der Waals surface area contributed by atoms with Crippen molar-refractivity contribution in [3.63, 3.8) is 0 Å². The van der Waals surface area contributed by atoms with Crippen LogP contribution in [0.1, 0.15) is 33.6 Å². The van der Waals surface area contributed by atoms with E-state index in [0.717, 1.165) is 48.3 Å². The van der Waals surface area contributed by atoms with Gasteiger partial charge < -0.3 is 15.0 Å². The SMILES string of the molecule is Cn1cc(-c2cc(N3CC(NC(=O)OC(C)(C)C)C4(CC4)C3)c3ccnn3c2)cn1. The number of alkyl carbamates (subject to hydrolysis) is 1. The van der Waals surface area contributed by atoms with E-state index in [1.807, 2.05) is 63.2 Å². The number of aryl methyl sites for hydroxylation is 1. The minimum Gasteiger partial charge on any atom is -0.444 e. The molecule has 4 heterocycles. The second-order valence-electron chi connectivity index (χ2n) is 9.62. The molecule has 1 N–H and O–H groups in total. The lowest BCUT2D eigenvalue weighted by Gasteiger charge is -2.24. The van der Waals surface area contributed by atoms with E-state index in [4.69, 9.17) is 4.74 Å². The van der Waals surface area contributed by atoms with Crippen molar-refractivity contribution in [3.8, 4) is 11.1 Å². The smallest absolute Gasteiger partial charge is 0.407 e. The highest BCUT2D eigenvalue weighted by molar-refractivity contribution is 5.80. The van der Waals surface area contributed by atoms with E-state index in [1.165, 1.54) is 0 Å². The molecule has 3 aromatic heterocycles. The number of anilines is 1. The highest BCUT2D eigenvalue weighted by atomic mass is 16.6. The Labute approximate surface area is 175 Å². The third-order valence-electron chi connectivity index (χ3n) is 6.10. The molecule has 3 aromatic rings. The van der Waals surface area contributed by atoms with Crippen molar-refractivity contribution in [3.05, 3.63) is 36.9 Å². The van der Waals surface area contributed by atoms with E-state index >= 15 is 0 Å². The summed E-state index contributed by atoms with van der Waals surface area (Å²) in [6.07, 6.45) is 9.66. The number of hydrogen-bond acceptors (Lipinski definition) is 5. The molecular weight excluding hydrogens is 380 g/mol. The van der Waals surface area contributed by atoms with Crippen LogP contribution in [0.4, 0.5) is 10.5 Å². The summed E-state index contributed by atoms with van der Waals surface area (Å²) in [5, 5.41) is 11.9. The van der Waals surface area contributed by atoms with Crippen LogP contribution in [0, 0.1) is 5.41 Å². The van der Waals surface area contributed by atoms with Crippen LogP contribution in [0.15, 0.2) is 36.9 Å². The first kappa shape index (κ1) is 19.0. The van der Waals surface area contributed by atoms with Crippen LogP contribution in [-0.2, 0) is 11.8 Å². The molecule has 30 heavy (non-hydrogen) atoms. The molecule has 1 saturated carbocycles. The number of rotatable bonds is 3. The molecule has 1 aliphatic heterocycles. The van der Waals surface area contributed by atoms with Crippen LogP contribution in [0.5, 0.6) is 0 Å². The molecule has 1 atom stereocenters. The maximum atomic E-state index is 12.4. The monoisotopic (exact) mass is 408 g/mol. The standard InChI is InChI=1S/C22H28N6O2/c1-21(2,3)30-20(29)25-19-13-27(14-22(19)6-7-22)18-9-15(16-10-24-26(4)11-16)12-28-17(18)5-8-23-28/h5,8-12,19H,6-7,13-14H2,1-4H3,(H,25,29). The largest absolute Gasteiger partial charge is 0.444 e. The minimum atomic E-state index is -0.499. The Hall–Kier alpha value is -3.03. The van der Waals surface area contributed by atoms with Crippen molar-refractivity contribution < 1.29 is 9.53 Å². The van der Waals surface area contributed by atoms with Crippen LogP contribution in [0.3, 0.4) is 0 Å². The number of aromatic nitrogens is 4. The Morgan fingerprint density at radius 1 is 1.23 bits per heavy atom. The lowest BCUT2D eigenvalue weighted by atomic mass is 10.0. The quantitative estimate of drug-likeness (QED) is 0.720. The predicted octanol–water partition coefficient (Wildman–Crippen LogP) is 3.23. The van der Waals surface area contributed by atoms with Crippen LogP contribution < -0.4 is 10.2 Å². The molecule has 158 valence electrons. The Morgan fingerprint density at radius 3 is 2.70 bits per heavy atom. The Balaban J connectivity index is 1.45. The van der Waals surface area contributed by atoms with E-state index in [-0.39, 0.29) is 17.6 Å². The molecule has 2 aliphatic rings. The molecule has 5 rings (SSSR count). The van der Waals surface area contributed by atoms with E-state index in [9.17, 15) is 4.79 Å². The maximum absolute atomic E-state index is 12.4. The first-order valence-electron chi connectivity index (χ1n) is 10.4. The first-order chi connectivity index (χ1) is 14.2. The molecule has 1 aliphatic carbocycles. The van der Waals surface area contributed by atoms with Gasteiger partial charge in [-0.25, -0.2) is 9.31 Å². The van der Waals surface area contributed by atoms with Gasteiger partial charge in [-0.2, -0.15) is 10.2 Å². The molecule has 0 radical (unpaired) electrons. The van der Waals surface area contributed by atoms with Crippen LogP contribution in [-0.4, -0.2) is 50.2 Å². The van der Waals surface area contributed by atoms with E-state index in [2.05, 4.69) is 26.5 Å². The Kier molecular flexibility index (Phi) is 4.10. The van der Waals surface area contributed by atoms with Gasteiger partial charge in [-0.15, -0.1) is 0 Å². The molecule has 1 saturated heterocycles. The average Bonchev–Trinajstić information content (AvgIpc) is 2.99. The molecule has 2 fully saturated rings. The van der Waals surface area contributed by atoms with Gasteiger partial charge in [0.05, 0.1) is 29.6 Å². The minimum absolute atomic E-state index is 0.0809. The summed E-state index contributed by atoms with van der Waals surface area (Å²) in [5.41, 5.74) is 3.96. The normalized spacial score (nSPS) is 20.1. The lowest BCUT2D eigenvalue weighted by molar-refractivity contribution is 0.0493. The Bertz CT molecular complexity index is 1100.